The molecular formula is C58H52N10+2. The van der Waals surface area contributed by atoms with E-state index in [0.29, 0.717) is 13.1 Å². The Balaban J connectivity index is 0.571. The molecule has 2 heterocycles. The summed E-state index contributed by atoms with van der Waals surface area (Å²) in [6.07, 6.45) is 17.1. The molecule has 4 N–H and O–H groups in total. The summed E-state index contributed by atoms with van der Waals surface area (Å²) in [5.74, 6) is 0. The Labute approximate surface area is 394 Å². The third kappa shape index (κ3) is 8.40. The summed E-state index contributed by atoms with van der Waals surface area (Å²) in [6, 6.07) is 46.5. The molecule has 10 nitrogen and oxygen atoms in total. The topological polar surface area (TPSA) is 113 Å². The van der Waals surface area contributed by atoms with E-state index in [1.807, 2.05) is 21.8 Å². The van der Waals surface area contributed by atoms with Crippen molar-refractivity contribution < 1.29 is 9.98 Å². The van der Waals surface area contributed by atoms with Crippen LogP contribution in [0, 0.1) is 0 Å². The van der Waals surface area contributed by atoms with E-state index in [1.165, 1.54) is 87.6 Å². The average molecular weight is 889 g/mol. The molecule has 8 aromatic carbocycles. The third-order valence-corrected chi connectivity index (χ3v) is 13.6. The van der Waals surface area contributed by atoms with Gasteiger partial charge in [0, 0.05) is 37.3 Å². The average Bonchev–Trinajstić information content (AvgIpc) is 4.05. The number of benzene rings is 8. The number of hydrogen-bond acceptors (Lipinski definition) is 6. The SMILES string of the molecule is C1=CC2=CCc3ccc(CNCc4cn(CC[NH+]=Cc5ccc(-c6ccc(C=[NH+]CCn7cc(CNCc8ccc9ccc%10cccc%11ccc8c9c%10%11)nn7)cc6)cc5)nn4)c4ccc(c2c34)C1. The first kappa shape index (κ1) is 41.5. The van der Waals surface area contributed by atoms with Gasteiger partial charge in [-0.25, -0.2) is 19.3 Å². The van der Waals surface area contributed by atoms with Crippen LogP contribution in [0.5, 0.6) is 0 Å². The molecule has 2 aliphatic rings. The first-order chi connectivity index (χ1) is 33.7. The summed E-state index contributed by atoms with van der Waals surface area (Å²) in [5.41, 5.74) is 14.8. The molecule has 0 fully saturated rings. The van der Waals surface area contributed by atoms with Crippen molar-refractivity contribution in [2.75, 3.05) is 13.1 Å². The highest BCUT2D eigenvalue weighted by atomic mass is 15.4. The van der Waals surface area contributed by atoms with E-state index in [4.69, 9.17) is 0 Å². The quantitative estimate of drug-likeness (QED) is 0.0605. The summed E-state index contributed by atoms with van der Waals surface area (Å²) in [4.78, 5) is 6.88. The molecule has 0 atom stereocenters. The lowest BCUT2D eigenvalue weighted by Crippen LogP contribution is -2.70. The van der Waals surface area contributed by atoms with Gasteiger partial charge in [0.25, 0.3) is 0 Å². The maximum atomic E-state index is 4.42. The van der Waals surface area contributed by atoms with Crippen molar-refractivity contribution in [3.8, 4) is 11.1 Å². The van der Waals surface area contributed by atoms with Crippen molar-refractivity contribution in [1.29, 1.82) is 0 Å². The molecule has 12 rings (SSSR count). The molecule has 0 amide bonds. The van der Waals surface area contributed by atoms with Crippen LogP contribution in [-0.2, 0) is 52.1 Å². The Hall–Kier alpha value is -7.92. The Morgan fingerprint density at radius 3 is 1.71 bits per heavy atom. The fourth-order valence-electron chi connectivity index (χ4n) is 10.2. The van der Waals surface area contributed by atoms with Gasteiger partial charge in [-0.05, 0) is 125 Å². The standard InChI is InChI=1S/C58H50N10/c1-3-43-15-17-47-19-21-49(53-25-23-45(5-1)55(43)57(47)53)33-61-35-51-37-67(65-63-51)29-27-59-31-39-7-11-41(12-8-39)42-13-9-40(10-14-42)32-60-28-30-68-38-52(64-66-68)36-62-34-50-22-20-48-18-16-44-4-2-6-46-24-26-54(50)58(48)56(44)46/h1-5,7-17,19-26,31-32,37-38,61-62H,6,18,27-30,33-36H2/p+2. The summed E-state index contributed by atoms with van der Waals surface area (Å²) in [7, 11) is 0. The van der Waals surface area contributed by atoms with Gasteiger partial charge in [-0.15, -0.1) is 10.2 Å². The maximum Gasteiger partial charge on any atom is 0.169 e. The van der Waals surface area contributed by atoms with Gasteiger partial charge < -0.3 is 10.6 Å². The van der Waals surface area contributed by atoms with E-state index in [1.54, 1.807) is 0 Å². The molecule has 0 aliphatic heterocycles. The third-order valence-electron chi connectivity index (χ3n) is 13.6. The van der Waals surface area contributed by atoms with Gasteiger partial charge in [0.2, 0.25) is 0 Å². The maximum absolute atomic E-state index is 4.42. The Kier molecular flexibility index (Phi) is 11.2. The van der Waals surface area contributed by atoms with Crippen LogP contribution in [0.15, 0.2) is 158 Å². The second kappa shape index (κ2) is 18.4. The minimum atomic E-state index is 0.657. The fraction of sp³-hybridized carbons (Fsp3) is 0.172. The lowest BCUT2D eigenvalue weighted by molar-refractivity contribution is -0.453. The second-order valence-electron chi connectivity index (χ2n) is 18.1. The highest BCUT2D eigenvalue weighted by Gasteiger charge is 2.21. The highest BCUT2D eigenvalue weighted by Crippen LogP contribution is 2.40. The van der Waals surface area contributed by atoms with Crippen LogP contribution in [0.3, 0.4) is 0 Å². The first-order valence-electron chi connectivity index (χ1n) is 23.8. The summed E-state index contributed by atoms with van der Waals surface area (Å²) in [6.45, 7) is 5.82. The number of hydrogen-bond donors (Lipinski definition) is 4. The zero-order valence-electron chi connectivity index (χ0n) is 37.9. The Morgan fingerprint density at radius 2 is 1.06 bits per heavy atom. The van der Waals surface area contributed by atoms with E-state index in [9.17, 15) is 0 Å². The fourth-order valence-corrected chi connectivity index (χ4v) is 10.2. The largest absolute Gasteiger partial charge is 0.307 e. The molecule has 68 heavy (non-hydrogen) atoms. The van der Waals surface area contributed by atoms with Crippen molar-refractivity contribution >= 4 is 61.1 Å². The van der Waals surface area contributed by atoms with Crippen molar-refractivity contribution in [2.45, 2.75) is 52.1 Å². The summed E-state index contributed by atoms with van der Waals surface area (Å²) < 4.78 is 3.81. The summed E-state index contributed by atoms with van der Waals surface area (Å²) in [5, 5.41) is 35.5. The minimum Gasteiger partial charge on any atom is -0.307 e. The number of rotatable bonds is 17. The molecule has 10 aromatic rings. The molecule has 0 bridgehead atoms. The van der Waals surface area contributed by atoms with E-state index < -0.39 is 0 Å². The van der Waals surface area contributed by atoms with Crippen LogP contribution in [0.4, 0.5) is 0 Å². The van der Waals surface area contributed by atoms with Crippen LogP contribution in [-0.4, -0.2) is 55.5 Å². The molecule has 0 unspecified atom stereocenters. The zero-order valence-corrected chi connectivity index (χ0v) is 37.9. The molecule has 332 valence electrons. The van der Waals surface area contributed by atoms with Crippen molar-refractivity contribution in [3.63, 3.8) is 0 Å². The molecule has 0 saturated heterocycles. The smallest absolute Gasteiger partial charge is 0.169 e. The van der Waals surface area contributed by atoms with Crippen molar-refractivity contribution in [2.24, 2.45) is 0 Å². The summed E-state index contributed by atoms with van der Waals surface area (Å²) >= 11 is 0. The lowest BCUT2D eigenvalue weighted by Gasteiger charge is -2.24. The number of nitrogens with zero attached hydrogens (tertiary/aromatic N) is 6. The molecule has 10 heteroatoms. The van der Waals surface area contributed by atoms with Gasteiger partial charge >= 0.3 is 0 Å². The molecule has 0 spiro atoms. The van der Waals surface area contributed by atoms with Gasteiger partial charge in [0.05, 0.1) is 23.8 Å². The number of allylic oxidation sites excluding steroid dienone is 4. The van der Waals surface area contributed by atoms with Gasteiger partial charge in [0.15, 0.2) is 25.5 Å². The Bertz CT molecular complexity index is 3560. The predicted molar refractivity (Wildman–Crippen MR) is 274 cm³/mol. The van der Waals surface area contributed by atoms with Gasteiger partial charge in [-0.1, -0.05) is 132 Å². The van der Waals surface area contributed by atoms with Crippen LogP contribution in [0.2, 0.25) is 0 Å². The van der Waals surface area contributed by atoms with E-state index in [2.05, 4.69) is 199 Å². The monoisotopic (exact) mass is 888 g/mol. The molecule has 0 radical (unpaired) electrons. The van der Waals surface area contributed by atoms with Crippen molar-refractivity contribution in [3.05, 3.63) is 208 Å². The van der Waals surface area contributed by atoms with Crippen LogP contribution in [0.1, 0.15) is 50.3 Å². The highest BCUT2D eigenvalue weighted by molar-refractivity contribution is 6.23. The van der Waals surface area contributed by atoms with Gasteiger partial charge in [0.1, 0.15) is 13.1 Å². The Morgan fingerprint density at radius 1 is 0.515 bits per heavy atom. The van der Waals surface area contributed by atoms with Gasteiger partial charge in [-0.2, -0.15) is 0 Å². The molecular weight excluding hydrogens is 837 g/mol. The normalized spacial score (nSPS) is 13.4. The van der Waals surface area contributed by atoms with Crippen LogP contribution >= 0.6 is 0 Å². The van der Waals surface area contributed by atoms with Crippen LogP contribution in [0.25, 0.3) is 59.8 Å². The molecule has 2 aliphatic carbocycles. The van der Waals surface area contributed by atoms with Gasteiger partial charge in [-0.3, -0.25) is 0 Å². The lowest BCUT2D eigenvalue weighted by atomic mass is 9.81. The van der Waals surface area contributed by atoms with E-state index >= 15 is 0 Å². The van der Waals surface area contributed by atoms with Crippen molar-refractivity contribution in [1.82, 2.24) is 40.6 Å². The molecule has 0 saturated carbocycles. The van der Waals surface area contributed by atoms with E-state index in [0.717, 1.165) is 74.6 Å². The van der Waals surface area contributed by atoms with Crippen LogP contribution < -0.4 is 20.6 Å². The molecule has 2 aromatic heterocycles. The first-order valence-corrected chi connectivity index (χ1v) is 23.8. The zero-order chi connectivity index (χ0) is 45.2. The second-order valence-corrected chi connectivity index (χ2v) is 18.1. The number of nitrogens with one attached hydrogen (secondary N) is 4. The predicted octanol–water partition coefficient (Wildman–Crippen LogP) is 6.62. The number of aromatic nitrogens is 6. The van der Waals surface area contributed by atoms with E-state index in [-0.39, 0.29) is 0 Å². The minimum absolute atomic E-state index is 0.657.